The summed E-state index contributed by atoms with van der Waals surface area (Å²) < 4.78 is 5.86. The monoisotopic (exact) mass is 285 g/mol. The Morgan fingerprint density at radius 3 is 2.95 bits per heavy atom. The predicted octanol–water partition coefficient (Wildman–Crippen LogP) is 2.77. The van der Waals surface area contributed by atoms with Gasteiger partial charge in [0.25, 0.3) is 0 Å². The lowest BCUT2D eigenvalue weighted by atomic mass is 9.99. The zero-order valence-corrected chi connectivity index (χ0v) is 12.6. The van der Waals surface area contributed by atoms with E-state index in [1.54, 1.807) is 0 Å². The van der Waals surface area contributed by atoms with E-state index in [9.17, 15) is 0 Å². The van der Waals surface area contributed by atoms with Crippen molar-refractivity contribution >= 4 is 0 Å². The first-order valence-corrected chi connectivity index (χ1v) is 7.70. The van der Waals surface area contributed by atoms with E-state index in [0.717, 1.165) is 42.8 Å². The molecule has 1 saturated heterocycles. The Kier molecular flexibility index (Phi) is 4.68. The van der Waals surface area contributed by atoms with Crippen LogP contribution in [0.25, 0.3) is 11.3 Å². The van der Waals surface area contributed by atoms with Crippen LogP contribution in [0, 0.1) is 5.92 Å². The molecule has 4 nitrogen and oxygen atoms in total. The van der Waals surface area contributed by atoms with Crippen LogP contribution < -0.4 is 5.32 Å². The van der Waals surface area contributed by atoms with Crippen LogP contribution >= 0.6 is 0 Å². The van der Waals surface area contributed by atoms with Gasteiger partial charge in [-0.2, -0.15) is 0 Å². The van der Waals surface area contributed by atoms with E-state index in [1.165, 1.54) is 19.4 Å². The quantitative estimate of drug-likeness (QED) is 0.917. The number of benzene rings is 1. The highest BCUT2D eigenvalue weighted by Crippen LogP contribution is 2.20. The molecule has 3 rings (SSSR count). The van der Waals surface area contributed by atoms with Gasteiger partial charge in [0.05, 0.1) is 12.7 Å². The van der Waals surface area contributed by atoms with Crippen molar-refractivity contribution in [2.45, 2.75) is 19.4 Å². The summed E-state index contributed by atoms with van der Waals surface area (Å²) in [4.78, 5) is 6.71. The van der Waals surface area contributed by atoms with Crippen LogP contribution in [-0.4, -0.2) is 36.6 Å². The molecule has 1 atom stereocenters. The van der Waals surface area contributed by atoms with Gasteiger partial charge in [-0.1, -0.05) is 30.3 Å². The third-order valence-corrected chi connectivity index (χ3v) is 3.99. The zero-order valence-electron chi connectivity index (χ0n) is 12.6. The number of nitrogens with zero attached hydrogens (tertiary/aromatic N) is 2. The van der Waals surface area contributed by atoms with E-state index >= 15 is 0 Å². The Balaban J connectivity index is 1.56. The Morgan fingerprint density at radius 1 is 1.33 bits per heavy atom. The number of rotatable bonds is 5. The molecule has 1 aliphatic rings. The minimum absolute atomic E-state index is 0.743. The van der Waals surface area contributed by atoms with Crippen LogP contribution in [-0.2, 0) is 6.54 Å². The maximum Gasteiger partial charge on any atom is 0.209 e. The molecule has 1 fully saturated rings. The maximum atomic E-state index is 5.86. The van der Waals surface area contributed by atoms with Gasteiger partial charge in [0.15, 0.2) is 5.76 Å². The molecular weight excluding hydrogens is 262 g/mol. The number of hydrogen-bond acceptors (Lipinski definition) is 4. The van der Waals surface area contributed by atoms with Crippen molar-refractivity contribution in [1.29, 1.82) is 0 Å². The fraction of sp³-hybridized carbons (Fsp3) is 0.471. The normalized spacial score (nSPS) is 19.0. The van der Waals surface area contributed by atoms with Gasteiger partial charge in [0, 0.05) is 12.1 Å². The lowest BCUT2D eigenvalue weighted by molar-refractivity contribution is 0.221. The van der Waals surface area contributed by atoms with E-state index < -0.39 is 0 Å². The molecule has 0 bridgehead atoms. The summed E-state index contributed by atoms with van der Waals surface area (Å²) in [7, 11) is 2.14. The SMILES string of the molecule is CN(Cc1ncc(-c2ccccc2)o1)CC1CCCNC1. The molecule has 21 heavy (non-hydrogen) atoms. The number of aromatic nitrogens is 1. The molecule has 1 aromatic heterocycles. The van der Waals surface area contributed by atoms with Crippen molar-refractivity contribution in [2.75, 3.05) is 26.7 Å². The molecule has 0 radical (unpaired) electrons. The summed E-state index contributed by atoms with van der Waals surface area (Å²) in [5.74, 6) is 2.38. The van der Waals surface area contributed by atoms with Gasteiger partial charge >= 0.3 is 0 Å². The van der Waals surface area contributed by atoms with Crippen LogP contribution in [0.5, 0.6) is 0 Å². The minimum atomic E-state index is 0.743. The lowest BCUT2D eigenvalue weighted by Crippen LogP contribution is -2.36. The fourth-order valence-corrected chi connectivity index (χ4v) is 2.94. The van der Waals surface area contributed by atoms with Gasteiger partial charge in [-0.15, -0.1) is 0 Å². The predicted molar refractivity (Wildman–Crippen MR) is 83.9 cm³/mol. The highest BCUT2D eigenvalue weighted by Gasteiger charge is 2.16. The summed E-state index contributed by atoms with van der Waals surface area (Å²) in [5, 5.41) is 3.46. The van der Waals surface area contributed by atoms with Gasteiger partial charge in [0.2, 0.25) is 5.89 Å². The first-order chi connectivity index (χ1) is 10.3. The third-order valence-electron chi connectivity index (χ3n) is 3.99. The van der Waals surface area contributed by atoms with Crippen LogP contribution in [0.3, 0.4) is 0 Å². The minimum Gasteiger partial charge on any atom is -0.439 e. The van der Waals surface area contributed by atoms with Crippen molar-refractivity contribution in [2.24, 2.45) is 5.92 Å². The van der Waals surface area contributed by atoms with E-state index in [4.69, 9.17) is 4.42 Å². The number of hydrogen-bond donors (Lipinski definition) is 1. The Bertz CT molecular complexity index is 546. The van der Waals surface area contributed by atoms with Crippen LogP contribution in [0.2, 0.25) is 0 Å². The topological polar surface area (TPSA) is 41.3 Å². The highest BCUT2D eigenvalue weighted by molar-refractivity contribution is 5.55. The molecule has 4 heteroatoms. The van der Waals surface area contributed by atoms with E-state index in [0.29, 0.717) is 0 Å². The van der Waals surface area contributed by atoms with Gasteiger partial charge < -0.3 is 9.73 Å². The Hall–Kier alpha value is -1.65. The van der Waals surface area contributed by atoms with Gasteiger partial charge in [-0.3, -0.25) is 4.90 Å². The van der Waals surface area contributed by atoms with Crippen molar-refractivity contribution in [3.63, 3.8) is 0 Å². The van der Waals surface area contributed by atoms with Crippen molar-refractivity contribution in [1.82, 2.24) is 15.2 Å². The molecule has 1 N–H and O–H groups in total. The molecule has 1 aliphatic heterocycles. The average Bonchev–Trinajstić information content (AvgIpc) is 2.97. The molecule has 0 aliphatic carbocycles. The summed E-state index contributed by atoms with van der Waals surface area (Å²) in [6.45, 7) is 4.16. The molecular formula is C17H23N3O. The first kappa shape index (κ1) is 14.3. The van der Waals surface area contributed by atoms with Crippen LogP contribution in [0.4, 0.5) is 0 Å². The lowest BCUT2D eigenvalue weighted by Gasteiger charge is -2.26. The molecule has 1 aromatic carbocycles. The molecule has 0 amide bonds. The summed E-state index contributed by atoms with van der Waals surface area (Å²) in [6.07, 6.45) is 4.43. The number of oxazole rings is 1. The second-order valence-electron chi connectivity index (χ2n) is 5.89. The largest absolute Gasteiger partial charge is 0.439 e. The molecule has 0 saturated carbocycles. The second kappa shape index (κ2) is 6.87. The summed E-state index contributed by atoms with van der Waals surface area (Å²) >= 11 is 0. The van der Waals surface area contributed by atoms with E-state index in [1.807, 2.05) is 36.5 Å². The summed E-state index contributed by atoms with van der Waals surface area (Å²) in [6, 6.07) is 10.1. The van der Waals surface area contributed by atoms with Crippen LogP contribution in [0.15, 0.2) is 40.9 Å². The van der Waals surface area contributed by atoms with Crippen molar-refractivity contribution in [3.8, 4) is 11.3 Å². The smallest absolute Gasteiger partial charge is 0.209 e. The number of piperidine rings is 1. The molecule has 112 valence electrons. The van der Waals surface area contributed by atoms with Gasteiger partial charge in [-0.05, 0) is 38.9 Å². The highest BCUT2D eigenvalue weighted by atomic mass is 16.4. The summed E-state index contributed by atoms with van der Waals surface area (Å²) in [5.41, 5.74) is 1.08. The fourth-order valence-electron chi connectivity index (χ4n) is 2.94. The number of nitrogens with one attached hydrogen (secondary N) is 1. The van der Waals surface area contributed by atoms with E-state index in [-0.39, 0.29) is 0 Å². The van der Waals surface area contributed by atoms with Gasteiger partial charge in [-0.25, -0.2) is 4.98 Å². The molecule has 2 aromatic rings. The maximum absolute atomic E-state index is 5.86. The first-order valence-electron chi connectivity index (χ1n) is 7.70. The average molecular weight is 285 g/mol. The zero-order chi connectivity index (χ0) is 14.5. The molecule has 0 spiro atoms. The van der Waals surface area contributed by atoms with Crippen LogP contribution in [0.1, 0.15) is 18.7 Å². The van der Waals surface area contributed by atoms with Crippen molar-refractivity contribution in [3.05, 3.63) is 42.4 Å². The Morgan fingerprint density at radius 2 is 2.19 bits per heavy atom. The van der Waals surface area contributed by atoms with Crippen molar-refractivity contribution < 1.29 is 4.42 Å². The Labute approximate surface area is 126 Å². The molecule has 2 heterocycles. The third kappa shape index (κ3) is 3.93. The second-order valence-corrected chi connectivity index (χ2v) is 5.89. The molecule has 1 unspecified atom stereocenters. The van der Waals surface area contributed by atoms with Gasteiger partial charge in [0.1, 0.15) is 0 Å². The van der Waals surface area contributed by atoms with E-state index in [2.05, 4.69) is 22.2 Å². The standard InChI is InChI=1S/C17H23N3O/c1-20(12-14-6-5-9-18-10-14)13-17-19-11-16(21-17)15-7-3-2-4-8-15/h2-4,7-8,11,14,18H,5-6,9-10,12-13H2,1H3.